The summed E-state index contributed by atoms with van der Waals surface area (Å²) in [6, 6.07) is 11.9. The summed E-state index contributed by atoms with van der Waals surface area (Å²) in [5.41, 5.74) is 1.22. The summed E-state index contributed by atoms with van der Waals surface area (Å²) in [6.45, 7) is 1.74. The number of benzene rings is 2. The molecule has 2 heterocycles. The summed E-state index contributed by atoms with van der Waals surface area (Å²) in [5, 5.41) is 0.467. The molecule has 0 unspecified atom stereocenters. The topological polar surface area (TPSA) is 66.8 Å². The Morgan fingerprint density at radius 2 is 1.88 bits per heavy atom. The molecule has 2 aliphatic rings. The van der Waals surface area contributed by atoms with Crippen molar-refractivity contribution in [1.82, 2.24) is 0 Å². The molecule has 0 spiro atoms. The molecular formula is C17H11ClN2O3S2. The minimum atomic E-state index is -3.96. The molecule has 0 aromatic heterocycles. The SMILES string of the molecule is Cc1cc2c(cc1Cl)SC1=CC(=O)N(c3ccccc3)C1=NS2(=O)=O. The smallest absolute Gasteiger partial charge is 0.269 e. The zero-order valence-corrected chi connectivity index (χ0v) is 15.3. The average Bonchev–Trinajstić information content (AvgIpc) is 2.81. The van der Waals surface area contributed by atoms with Gasteiger partial charge in [-0.1, -0.05) is 41.6 Å². The number of hydrogen-bond acceptors (Lipinski definition) is 4. The molecule has 2 aliphatic heterocycles. The first-order valence-corrected chi connectivity index (χ1v) is 9.94. The number of carbonyl (C=O) groups is 1. The number of hydrogen-bond donors (Lipinski definition) is 0. The van der Waals surface area contributed by atoms with Crippen molar-refractivity contribution in [2.75, 3.05) is 4.90 Å². The number of nitrogens with zero attached hydrogens (tertiary/aromatic N) is 2. The summed E-state index contributed by atoms with van der Waals surface area (Å²) in [5.74, 6) is -0.213. The van der Waals surface area contributed by atoms with Crippen LogP contribution in [-0.2, 0) is 14.8 Å². The van der Waals surface area contributed by atoms with Gasteiger partial charge in [0.25, 0.3) is 15.9 Å². The monoisotopic (exact) mass is 390 g/mol. The molecule has 2 aromatic carbocycles. The van der Waals surface area contributed by atoms with Gasteiger partial charge in [-0.2, -0.15) is 8.42 Å². The van der Waals surface area contributed by atoms with Gasteiger partial charge < -0.3 is 0 Å². The number of carbonyl (C=O) groups excluding carboxylic acids is 1. The highest BCUT2D eigenvalue weighted by Crippen LogP contribution is 2.42. The second-order valence-corrected chi connectivity index (χ2v) is 8.62. The maximum absolute atomic E-state index is 12.8. The second-order valence-electron chi connectivity index (χ2n) is 5.56. The fraction of sp³-hybridized carbons (Fsp3) is 0.0588. The van der Waals surface area contributed by atoms with E-state index in [9.17, 15) is 13.2 Å². The third-order valence-corrected chi connectivity index (χ3v) is 6.77. The number of rotatable bonds is 1. The molecule has 0 saturated carbocycles. The number of amidine groups is 1. The molecular weight excluding hydrogens is 380 g/mol. The van der Waals surface area contributed by atoms with Crippen LogP contribution in [0.15, 0.2) is 67.6 Å². The number of aryl methyl sites for hydroxylation is 1. The number of amides is 1. The van der Waals surface area contributed by atoms with Crippen LogP contribution in [0.4, 0.5) is 5.69 Å². The number of anilines is 1. The van der Waals surface area contributed by atoms with E-state index in [1.54, 1.807) is 37.3 Å². The van der Waals surface area contributed by atoms with E-state index in [4.69, 9.17) is 11.6 Å². The normalized spacial score (nSPS) is 18.2. The van der Waals surface area contributed by atoms with Crippen molar-refractivity contribution < 1.29 is 13.2 Å². The molecule has 0 fully saturated rings. The molecule has 1 amide bonds. The number of fused-ring (bicyclic) bond motifs is 2. The van der Waals surface area contributed by atoms with Gasteiger partial charge in [0.15, 0.2) is 5.84 Å². The van der Waals surface area contributed by atoms with E-state index in [1.807, 2.05) is 6.07 Å². The van der Waals surface area contributed by atoms with Gasteiger partial charge in [-0.3, -0.25) is 9.69 Å². The maximum atomic E-state index is 12.8. The Kier molecular flexibility index (Phi) is 3.75. The quantitative estimate of drug-likeness (QED) is 0.743. The lowest BCUT2D eigenvalue weighted by atomic mass is 10.2. The number of thioether (sulfide) groups is 1. The first-order chi connectivity index (χ1) is 11.9. The Hall–Kier alpha value is -2.09. The molecule has 0 saturated heterocycles. The Balaban J connectivity index is 1.92. The molecule has 0 N–H and O–H groups in total. The van der Waals surface area contributed by atoms with Crippen LogP contribution in [0.25, 0.3) is 0 Å². The van der Waals surface area contributed by atoms with Gasteiger partial charge in [-0.05, 0) is 36.8 Å². The van der Waals surface area contributed by atoms with Crippen molar-refractivity contribution in [3.63, 3.8) is 0 Å². The van der Waals surface area contributed by atoms with Crippen LogP contribution in [0.1, 0.15) is 5.56 Å². The molecule has 8 heteroatoms. The molecule has 25 heavy (non-hydrogen) atoms. The van der Waals surface area contributed by atoms with Crippen molar-refractivity contribution in [1.29, 1.82) is 0 Å². The van der Waals surface area contributed by atoms with Crippen LogP contribution in [0.5, 0.6) is 0 Å². The molecule has 5 nitrogen and oxygen atoms in total. The summed E-state index contributed by atoms with van der Waals surface area (Å²) in [4.78, 5) is 14.8. The summed E-state index contributed by atoms with van der Waals surface area (Å²) in [7, 11) is -3.96. The van der Waals surface area contributed by atoms with Crippen LogP contribution >= 0.6 is 23.4 Å². The van der Waals surface area contributed by atoms with E-state index in [2.05, 4.69) is 4.40 Å². The molecule has 0 atom stereocenters. The molecule has 0 bridgehead atoms. The zero-order valence-electron chi connectivity index (χ0n) is 12.9. The van der Waals surface area contributed by atoms with E-state index in [0.717, 1.165) is 0 Å². The molecule has 0 radical (unpaired) electrons. The fourth-order valence-electron chi connectivity index (χ4n) is 2.64. The van der Waals surface area contributed by atoms with Crippen molar-refractivity contribution in [2.45, 2.75) is 16.7 Å². The van der Waals surface area contributed by atoms with E-state index >= 15 is 0 Å². The largest absolute Gasteiger partial charge is 0.285 e. The van der Waals surface area contributed by atoms with Crippen LogP contribution < -0.4 is 4.90 Å². The third kappa shape index (κ3) is 2.68. The van der Waals surface area contributed by atoms with E-state index in [-0.39, 0.29) is 16.6 Å². The highest BCUT2D eigenvalue weighted by molar-refractivity contribution is 8.05. The van der Waals surface area contributed by atoms with Gasteiger partial charge in [0.2, 0.25) is 0 Å². The summed E-state index contributed by atoms with van der Waals surface area (Å²) in [6.07, 6.45) is 1.40. The van der Waals surface area contributed by atoms with Crippen molar-refractivity contribution in [2.24, 2.45) is 4.40 Å². The summed E-state index contributed by atoms with van der Waals surface area (Å²) < 4.78 is 29.5. The Morgan fingerprint density at radius 1 is 1.16 bits per heavy atom. The second kappa shape index (κ2) is 5.72. The third-order valence-electron chi connectivity index (χ3n) is 3.85. The van der Waals surface area contributed by atoms with Gasteiger partial charge in [-0.25, -0.2) is 0 Å². The van der Waals surface area contributed by atoms with E-state index < -0.39 is 10.0 Å². The molecule has 126 valence electrons. The Bertz CT molecular complexity index is 1080. The van der Waals surface area contributed by atoms with Gasteiger partial charge in [0.05, 0.1) is 10.6 Å². The van der Waals surface area contributed by atoms with Crippen molar-refractivity contribution >= 4 is 50.8 Å². The maximum Gasteiger partial charge on any atom is 0.285 e. The van der Waals surface area contributed by atoms with Gasteiger partial charge >= 0.3 is 0 Å². The molecule has 2 aromatic rings. The summed E-state index contributed by atoms with van der Waals surface area (Å²) >= 11 is 7.33. The highest BCUT2D eigenvalue weighted by atomic mass is 35.5. The predicted molar refractivity (Wildman–Crippen MR) is 98.7 cm³/mol. The number of para-hydroxylation sites is 1. The van der Waals surface area contributed by atoms with Crippen LogP contribution in [0, 0.1) is 6.92 Å². The first-order valence-electron chi connectivity index (χ1n) is 7.31. The lowest BCUT2D eigenvalue weighted by Gasteiger charge is -2.17. The molecule has 0 aliphatic carbocycles. The van der Waals surface area contributed by atoms with Crippen LogP contribution in [-0.4, -0.2) is 20.2 Å². The Labute approximate surface area is 154 Å². The Morgan fingerprint density at radius 3 is 2.60 bits per heavy atom. The molecule has 4 rings (SSSR count). The minimum Gasteiger partial charge on any atom is -0.269 e. The standard InChI is InChI=1S/C17H11ClN2O3S2/c1-10-7-15-13(8-12(10)18)24-14-9-16(21)20(11-5-3-2-4-6-11)17(14)19-25(15,22)23/h2-9H,1H3. The average molecular weight is 391 g/mol. The minimum absolute atomic E-state index is 0.0997. The van der Waals surface area contributed by atoms with E-state index in [0.29, 0.717) is 26.1 Å². The first kappa shape index (κ1) is 16.4. The van der Waals surface area contributed by atoms with Gasteiger partial charge in [-0.15, -0.1) is 4.40 Å². The van der Waals surface area contributed by atoms with Gasteiger partial charge in [0.1, 0.15) is 4.90 Å². The zero-order chi connectivity index (χ0) is 17.8. The van der Waals surface area contributed by atoms with Crippen molar-refractivity contribution in [3.8, 4) is 0 Å². The highest BCUT2D eigenvalue weighted by Gasteiger charge is 2.37. The van der Waals surface area contributed by atoms with Crippen LogP contribution in [0.2, 0.25) is 5.02 Å². The van der Waals surface area contributed by atoms with Crippen molar-refractivity contribution in [3.05, 3.63) is 64.0 Å². The fourth-order valence-corrected chi connectivity index (χ4v) is 5.48. The number of halogens is 1. The van der Waals surface area contributed by atoms with Crippen LogP contribution in [0.3, 0.4) is 0 Å². The van der Waals surface area contributed by atoms with E-state index in [1.165, 1.54) is 28.8 Å². The lowest BCUT2D eigenvalue weighted by Crippen LogP contribution is -2.31. The number of sulfonamides is 1. The van der Waals surface area contributed by atoms with Gasteiger partial charge in [0, 0.05) is 16.0 Å². The lowest BCUT2D eigenvalue weighted by molar-refractivity contribution is -0.113. The predicted octanol–water partition coefficient (Wildman–Crippen LogP) is 3.77.